The maximum Gasteiger partial charge on any atom is 0.347 e. The van der Waals surface area contributed by atoms with Crippen LogP contribution in [0.4, 0.5) is 0 Å². The molecule has 1 saturated heterocycles. The number of hydrogen-bond acceptors (Lipinski definition) is 4. The monoisotopic (exact) mass is 198 g/mol. The van der Waals surface area contributed by atoms with Crippen LogP contribution in [-0.4, -0.2) is 34.0 Å². The van der Waals surface area contributed by atoms with Gasteiger partial charge in [0.25, 0.3) is 0 Å². The lowest BCUT2D eigenvalue weighted by atomic mass is 10.2. The van der Waals surface area contributed by atoms with Crippen LogP contribution in [0.1, 0.15) is 21.1 Å². The van der Waals surface area contributed by atoms with E-state index in [0.717, 1.165) is 24.6 Å². The summed E-state index contributed by atoms with van der Waals surface area (Å²) >= 11 is 1.27. The molecule has 70 valence electrons. The molecule has 13 heavy (non-hydrogen) atoms. The van der Waals surface area contributed by atoms with Crippen molar-refractivity contribution in [1.29, 1.82) is 0 Å². The SMILES string of the molecule is O=C(O)c1cnc(CN2CCC2)s1. The molecule has 2 rings (SSSR count). The molecule has 0 spiro atoms. The molecule has 0 amide bonds. The van der Waals surface area contributed by atoms with Crippen molar-refractivity contribution in [2.75, 3.05) is 13.1 Å². The van der Waals surface area contributed by atoms with Gasteiger partial charge in [-0.15, -0.1) is 11.3 Å². The van der Waals surface area contributed by atoms with E-state index in [1.54, 1.807) is 0 Å². The molecule has 0 unspecified atom stereocenters. The zero-order valence-electron chi connectivity index (χ0n) is 7.06. The average molecular weight is 198 g/mol. The summed E-state index contributed by atoms with van der Waals surface area (Å²) in [6.07, 6.45) is 2.68. The molecule has 0 radical (unpaired) electrons. The first-order chi connectivity index (χ1) is 6.25. The second kappa shape index (κ2) is 3.43. The first-order valence-corrected chi connectivity index (χ1v) is 4.98. The largest absolute Gasteiger partial charge is 0.477 e. The highest BCUT2D eigenvalue weighted by Gasteiger charge is 2.16. The van der Waals surface area contributed by atoms with Gasteiger partial charge in [-0.3, -0.25) is 4.90 Å². The topological polar surface area (TPSA) is 53.4 Å². The zero-order valence-corrected chi connectivity index (χ0v) is 7.88. The molecule has 1 aliphatic rings. The minimum atomic E-state index is -0.882. The van der Waals surface area contributed by atoms with E-state index in [-0.39, 0.29) is 0 Å². The van der Waals surface area contributed by atoms with Gasteiger partial charge in [-0.25, -0.2) is 9.78 Å². The molecule has 1 aromatic heterocycles. The predicted octanol–water partition coefficient (Wildman–Crippen LogP) is 1.05. The normalized spacial score (nSPS) is 16.9. The van der Waals surface area contributed by atoms with Crippen LogP contribution in [-0.2, 0) is 6.54 Å². The molecule has 0 aliphatic carbocycles. The summed E-state index contributed by atoms with van der Waals surface area (Å²) in [5, 5.41) is 9.56. The van der Waals surface area contributed by atoms with Crippen LogP contribution in [0, 0.1) is 0 Å². The van der Waals surface area contributed by atoms with Crippen LogP contribution in [0.5, 0.6) is 0 Å². The van der Waals surface area contributed by atoms with Crippen molar-refractivity contribution in [3.8, 4) is 0 Å². The predicted molar refractivity (Wildman–Crippen MR) is 49.0 cm³/mol. The summed E-state index contributed by atoms with van der Waals surface area (Å²) in [6.45, 7) is 3.03. The minimum Gasteiger partial charge on any atom is -0.477 e. The Morgan fingerprint density at radius 2 is 2.46 bits per heavy atom. The van der Waals surface area contributed by atoms with Crippen LogP contribution >= 0.6 is 11.3 Å². The Hall–Kier alpha value is -0.940. The van der Waals surface area contributed by atoms with Crippen LogP contribution in [0.25, 0.3) is 0 Å². The molecule has 5 heteroatoms. The van der Waals surface area contributed by atoms with Gasteiger partial charge in [-0.2, -0.15) is 0 Å². The lowest BCUT2D eigenvalue weighted by Crippen LogP contribution is -2.36. The second-order valence-electron chi connectivity index (χ2n) is 3.05. The Balaban J connectivity index is 2.00. The van der Waals surface area contributed by atoms with Crippen molar-refractivity contribution < 1.29 is 9.90 Å². The van der Waals surface area contributed by atoms with Crippen LogP contribution in [0.3, 0.4) is 0 Å². The highest BCUT2D eigenvalue weighted by molar-refractivity contribution is 7.13. The van der Waals surface area contributed by atoms with Gasteiger partial charge in [0.05, 0.1) is 12.7 Å². The minimum absolute atomic E-state index is 0.329. The third-order valence-electron chi connectivity index (χ3n) is 2.07. The number of aromatic carboxylic acids is 1. The maximum atomic E-state index is 10.5. The van der Waals surface area contributed by atoms with Gasteiger partial charge in [0.2, 0.25) is 0 Å². The molecular weight excluding hydrogens is 188 g/mol. The Bertz CT molecular complexity index is 320. The molecule has 1 N–H and O–H groups in total. The third kappa shape index (κ3) is 1.87. The van der Waals surface area contributed by atoms with E-state index < -0.39 is 5.97 Å². The van der Waals surface area contributed by atoms with Gasteiger partial charge in [0.15, 0.2) is 0 Å². The quantitative estimate of drug-likeness (QED) is 0.788. The summed E-state index contributed by atoms with van der Waals surface area (Å²) in [6, 6.07) is 0. The van der Waals surface area contributed by atoms with E-state index in [4.69, 9.17) is 5.11 Å². The lowest BCUT2D eigenvalue weighted by molar-refractivity contribution is 0.0702. The van der Waals surface area contributed by atoms with Gasteiger partial charge < -0.3 is 5.11 Å². The first-order valence-electron chi connectivity index (χ1n) is 4.16. The van der Waals surface area contributed by atoms with Crippen molar-refractivity contribution in [1.82, 2.24) is 9.88 Å². The van der Waals surface area contributed by atoms with Crippen molar-refractivity contribution in [2.45, 2.75) is 13.0 Å². The standard InChI is InChI=1S/C8H10N2O2S/c11-8(12)6-4-9-7(13-6)5-10-2-1-3-10/h4H,1-3,5H2,(H,11,12). The Morgan fingerprint density at radius 1 is 1.69 bits per heavy atom. The second-order valence-corrected chi connectivity index (χ2v) is 4.17. The number of nitrogens with zero attached hydrogens (tertiary/aromatic N) is 2. The molecule has 1 aliphatic heterocycles. The van der Waals surface area contributed by atoms with Gasteiger partial charge in [-0.05, 0) is 19.5 Å². The van der Waals surface area contributed by atoms with E-state index in [2.05, 4.69) is 9.88 Å². The molecule has 0 bridgehead atoms. The number of hydrogen-bond donors (Lipinski definition) is 1. The summed E-state index contributed by atoms with van der Waals surface area (Å²) in [5.74, 6) is -0.882. The maximum absolute atomic E-state index is 10.5. The summed E-state index contributed by atoms with van der Waals surface area (Å²) in [7, 11) is 0. The number of carbonyl (C=O) groups is 1. The number of rotatable bonds is 3. The summed E-state index contributed by atoms with van der Waals surface area (Å²) in [4.78, 5) is 17.2. The van der Waals surface area contributed by atoms with Crippen LogP contribution in [0.15, 0.2) is 6.20 Å². The fourth-order valence-corrected chi connectivity index (χ4v) is 2.01. The molecular formula is C8H10N2O2S. The van der Waals surface area contributed by atoms with E-state index in [1.165, 1.54) is 24.0 Å². The van der Waals surface area contributed by atoms with Crippen LogP contribution in [0.2, 0.25) is 0 Å². The van der Waals surface area contributed by atoms with Gasteiger partial charge in [-0.1, -0.05) is 0 Å². The van der Waals surface area contributed by atoms with E-state index >= 15 is 0 Å². The van der Waals surface area contributed by atoms with Crippen LogP contribution < -0.4 is 0 Å². The fraction of sp³-hybridized carbons (Fsp3) is 0.500. The molecule has 1 fully saturated rings. The molecule has 0 atom stereocenters. The average Bonchev–Trinajstić information content (AvgIpc) is 2.44. The van der Waals surface area contributed by atoms with Crippen molar-refractivity contribution >= 4 is 17.3 Å². The fourth-order valence-electron chi connectivity index (χ4n) is 1.21. The Labute approximate surface area is 79.8 Å². The highest BCUT2D eigenvalue weighted by Crippen LogP contribution is 2.17. The molecule has 4 nitrogen and oxygen atoms in total. The van der Waals surface area contributed by atoms with Gasteiger partial charge in [0, 0.05) is 0 Å². The third-order valence-corrected chi connectivity index (χ3v) is 3.04. The highest BCUT2D eigenvalue weighted by atomic mass is 32.1. The zero-order chi connectivity index (χ0) is 9.26. The van der Waals surface area contributed by atoms with E-state index in [1.807, 2.05) is 0 Å². The van der Waals surface area contributed by atoms with E-state index in [0.29, 0.717) is 4.88 Å². The molecule has 0 aromatic carbocycles. The lowest BCUT2D eigenvalue weighted by Gasteiger charge is -2.29. The first kappa shape index (κ1) is 8.65. The smallest absolute Gasteiger partial charge is 0.347 e. The summed E-state index contributed by atoms with van der Waals surface area (Å²) in [5.41, 5.74) is 0. The number of aromatic nitrogens is 1. The number of thiazole rings is 1. The number of likely N-dealkylation sites (tertiary alicyclic amines) is 1. The van der Waals surface area contributed by atoms with E-state index in [9.17, 15) is 4.79 Å². The number of carboxylic acids is 1. The molecule has 2 heterocycles. The summed E-state index contributed by atoms with van der Waals surface area (Å²) < 4.78 is 0. The molecule has 0 saturated carbocycles. The van der Waals surface area contributed by atoms with Gasteiger partial charge in [0.1, 0.15) is 9.88 Å². The van der Waals surface area contributed by atoms with Crippen molar-refractivity contribution in [3.05, 3.63) is 16.1 Å². The van der Waals surface area contributed by atoms with Crippen molar-refractivity contribution in [3.63, 3.8) is 0 Å². The van der Waals surface area contributed by atoms with Crippen molar-refractivity contribution in [2.24, 2.45) is 0 Å². The Kier molecular flexibility index (Phi) is 2.28. The Morgan fingerprint density at radius 3 is 2.92 bits per heavy atom. The van der Waals surface area contributed by atoms with Gasteiger partial charge >= 0.3 is 5.97 Å². The number of carboxylic acid groups (broad SMARTS) is 1. The molecule has 1 aromatic rings.